The fourth-order valence-electron chi connectivity index (χ4n) is 2.89. The van der Waals surface area contributed by atoms with E-state index in [0.717, 1.165) is 45.1 Å². The fraction of sp³-hybridized carbons (Fsp3) is 0.250. The van der Waals surface area contributed by atoms with Crippen LogP contribution in [-0.4, -0.2) is 27.0 Å². The fourth-order valence-corrected chi connectivity index (χ4v) is 3.99. The van der Waals surface area contributed by atoms with Crippen molar-refractivity contribution in [2.75, 3.05) is 7.11 Å². The zero-order chi connectivity index (χ0) is 19.5. The summed E-state index contributed by atoms with van der Waals surface area (Å²) in [6.45, 7) is 4.42. The molecule has 1 aromatic carbocycles. The van der Waals surface area contributed by atoms with E-state index in [9.17, 15) is 0 Å². The summed E-state index contributed by atoms with van der Waals surface area (Å²) in [4.78, 5) is 0. The summed E-state index contributed by atoms with van der Waals surface area (Å²) in [7, 11) is 1.65. The zero-order valence-electron chi connectivity index (χ0n) is 15.9. The van der Waals surface area contributed by atoms with E-state index in [2.05, 4.69) is 19.9 Å². The molecule has 4 rings (SSSR count). The van der Waals surface area contributed by atoms with Gasteiger partial charge >= 0.3 is 0 Å². The Morgan fingerprint density at radius 1 is 1.11 bits per heavy atom. The molecule has 0 radical (unpaired) electrons. The highest BCUT2D eigenvalue weighted by Crippen LogP contribution is 2.30. The molecule has 7 nitrogen and oxygen atoms in total. The Balaban J connectivity index is 1.66. The summed E-state index contributed by atoms with van der Waals surface area (Å²) in [6, 6.07) is 11.6. The lowest BCUT2D eigenvalue weighted by atomic mass is 10.2. The molecule has 28 heavy (non-hydrogen) atoms. The van der Waals surface area contributed by atoms with Gasteiger partial charge < -0.3 is 13.7 Å². The minimum Gasteiger partial charge on any atom is -0.497 e. The molecule has 0 atom stereocenters. The average molecular weight is 396 g/mol. The third-order valence-corrected chi connectivity index (χ3v) is 5.48. The van der Waals surface area contributed by atoms with Crippen molar-refractivity contribution in [3.63, 3.8) is 0 Å². The molecular formula is C20H20N4O3S. The van der Waals surface area contributed by atoms with Crippen LogP contribution >= 0.6 is 11.8 Å². The van der Waals surface area contributed by atoms with Gasteiger partial charge in [0.2, 0.25) is 0 Å². The van der Waals surface area contributed by atoms with Gasteiger partial charge in [-0.15, -0.1) is 10.2 Å². The summed E-state index contributed by atoms with van der Waals surface area (Å²) in [6.07, 6.45) is 1.67. The number of rotatable bonds is 7. The Morgan fingerprint density at radius 2 is 1.93 bits per heavy atom. The first-order chi connectivity index (χ1) is 13.7. The van der Waals surface area contributed by atoms with Crippen LogP contribution in [0, 0.1) is 13.8 Å². The van der Waals surface area contributed by atoms with Crippen molar-refractivity contribution >= 4 is 11.8 Å². The van der Waals surface area contributed by atoms with Gasteiger partial charge in [0.25, 0.3) is 0 Å². The summed E-state index contributed by atoms with van der Waals surface area (Å²) in [5.74, 6) is 3.96. The maximum Gasteiger partial charge on any atom is 0.192 e. The highest BCUT2D eigenvalue weighted by molar-refractivity contribution is 7.98. The van der Waals surface area contributed by atoms with Crippen LogP contribution in [0.2, 0.25) is 0 Å². The second kappa shape index (κ2) is 7.93. The minimum absolute atomic E-state index is 0.547. The Bertz CT molecular complexity index is 1030. The molecule has 3 heterocycles. The topological polar surface area (TPSA) is 79.1 Å². The number of nitrogens with zero attached hydrogens (tertiary/aromatic N) is 4. The first-order valence-electron chi connectivity index (χ1n) is 8.80. The van der Waals surface area contributed by atoms with Crippen LogP contribution in [-0.2, 0) is 12.3 Å². The van der Waals surface area contributed by atoms with Crippen LogP contribution in [0.15, 0.2) is 56.8 Å². The lowest BCUT2D eigenvalue weighted by Gasteiger charge is -2.09. The Morgan fingerprint density at radius 3 is 2.57 bits per heavy atom. The van der Waals surface area contributed by atoms with Crippen LogP contribution in [0.3, 0.4) is 0 Å². The summed E-state index contributed by atoms with van der Waals surface area (Å²) < 4.78 is 18.1. The highest BCUT2D eigenvalue weighted by atomic mass is 32.2. The highest BCUT2D eigenvalue weighted by Gasteiger charge is 2.18. The first kappa shape index (κ1) is 18.4. The number of hydrogen-bond donors (Lipinski definition) is 0. The van der Waals surface area contributed by atoms with Gasteiger partial charge in [-0.3, -0.25) is 4.57 Å². The van der Waals surface area contributed by atoms with Gasteiger partial charge in [0.15, 0.2) is 11.0 Å². The molecule has 0 N–H and O–H groups in total. The summed E-state index contributed by atoms with van der Waals surface area (Å²) in [5.41, 5.74) is 2.95. The van der Waals surface area contributed by atoms with E-state index in [1.54, 1.807) is 25.1 Å². The molecule has 144 valence electrons. The van der Waals surface area contributed by atoms with E-state index < -0.39 is 0 Å². The monoisotopic (exact) mass is 396 g/mol. The molecule has 0 saturated heterocycles. The number of aromatic nitrogens is 4. The molecule has 4 aromatic rings. The predicted molar refractivity (Wildman–Crippen MR) is 105 cm³/mol. The molecular weight excluding hydrogens is 376 g/mol. The smallest absolute Gasteiger partial charge is 0.192 e. The van der Waals surface area contributed by atoms with Crippen molar-refractivity contribution < 1.29 is 13.7 Å². The van der Waals surface area contributed by atoms with Gasteiger partial charge in [-0.25, -0.2) is 0 Å². The quantitative estimate of drug-likeness (QED) is 0.426. The van der Waals surface area contributed by atoms with Crippen molar-refractivity contribution in [1.29, 1.82) is 0 Å². The second-order valence-electron chi connectivity index (χ2n) is 6.29. The van der Waals surface area contributed by atoms with Gasteiger partial charge in [0.05, 0.1) is 25.6 Å². The van der Waals surface area contributed by atoms with Crippen LogP contribution in [0.25, 0.3) is 11.4 Å². The van der Waals surface area contributed by atoms with E-state index in [-0.39, 0.29) is 0 Å². The molecule has 0 aliphatic rings. The van der Waals surface area contributed by atoms with Gasteiger partial charge in [-0.05, 0) is 50.2 Å². The van der Waals surface area contributed by atoms with Gasteiger partial charge in [0.1, 0.15) is 17.3 Å². The molecule has 0 aliphatic carbocycles. The van der Waals surface area contributed by atoms with Crippen molar-refractivity contribution in [3.05, 3.63) is 65.4 Å². The Labute approximate surface area is 166 Å². The number of ether oxygens (including phenoxy) is 1. The third-order valence-electron chi connectivity index (χ3n) is 4.49. The van der Waals surface area contributed by atoms with Gasteiger partial charge in [-0.2, -0.15) is 0 Å². The molecule has 0 unspecified atom stereocenters. The van der Waals surface area contributed by atoms with Crippen molar-refractivity contribution in [2.24, 2.45) is 0 Å². The van der Waals surface area contributed by atoms with Crippen molar-refractivity contribution in [1.82, 2.24) is 19.9 Å². The van der Waals surface area contributed by atoms with E-state index in [1.807, 2.05) is 50.2 Å². The average Bonchev–Trinajstić information content (AvgIpc) is 3.43. The Hall–Kier alpha value is -3.00. The Kier molecular flexibility index (Phi) is 5.21. The lowest BCUT2D eigenvalue weighted by molar-refractivity contribution is 0.392. The van der Waals surface area contributed by atoms with Crippen LogP contribution in [0.1, 0.15) is 22.8 Å². The van der Waals surface area contributed by atoms with E-state index in [4.69, 9.17) is 13.7 Å². The zero-order valence-corrected chi connectivity index (χ0v) is 16.7. The standard InChI is InChI=1S/C20H20N4O3S/c1-13-18(14(2)27-23-13)12-28-20-22-21-19(15-6-8-16(25-3)9-7-15)24(20)11-17-5-4-10-26-17/h4-10H,11-12H2,1-3H3. The van der Waals surface area contributed by atoms with E-state index in [1.165, 1.54) is 0 Å². The minimum atomic E-state index is 0.547. The number of hydrogen-bond acceptors (Lipinski definition) is 7. The molecule has 3 aromatic heterocycles. The van der Waals surface area contributed by atoms with Crippen LogP contribution in [0.4, 0.5) is 0 Å². The first-order valence-corrected chi connectivity index (χ1v) is 9.79. The third kappa shape index (κ3) is 3.68. The van der Waals surface area contributed by atoms with Gasteiger partial charge in [0, 0.05) is 16.9 Å². The van der Waals surface area contributed by atoms with E-state index >= 15 is 0 Å². The van der Waals surface area contributed by atoms with Gasteiger partial charge in [-0.1, -0.05) is 16.9 Å². The number of methoxy groups -OCH3 is 1. The number of benzene rings is 1. The molecule has 0 bridgehead atoms. The predicted octanol–water partition coefficient (Wildman–Crippen LogP) is 4.49. The number of thioether (sulfide) groups is 1. The maximum atomic E-state index is 5.55. The molecule has 0 fully saturated rings. The van der Waals surface area contributed by atoms with Crippen molar-refractivity contribution in [2.45, 2.75) is 31.3 Å². The number of furan rings is 1. The molecule has 0 spiro atoms. The molecule has 0 saturated carbocycles. The molecule has 0 aliphatic heterocycles. The largest absolute Gasteiger partial charge is 0.497 e. The normalized spacial score (nSPS) is 11.1. The molecule has 0 amide bonds. The second-order valence-corrected chi connectivity index (χ2v) is 7.23. The van der Waals surface area contributed by atoms with Crippen molar-refractivity contribution in [3.8, 4) is 17.1 Å². The van der Waals surface area contributed by atoms with Crippen LogP contribution in [0.5, 0.6) is 5.75 Å². The number of aryl methyl sites for hydroxylation is 2. The maximum absolute atomic E-state index is 5.55. The van der Waals surface area contributed by atoms with Crippen LogP contribution < -0.4 is 4.74 Å². The SMILES string of the molecule is COc1ccc(-c2nnc(SCc3c(C)noc3C)n2Cc2ccco2)cc1. The van der Waals surface area contributed by atoms with E-state index in [0.29, 0.717) is 12.3 Å². The molecule has 8 heteroatoms. The summed E-state index contributed by atoms with van der Waals surface area (Å²) in [5, 5.41) is 13.7. The summed E-state index contributed by atoms with van der Waals surface area (Å²) >= 11 is 1.60. The lowest BCUT2D eigenvalue weighted by Crippen LogP contribution is -2.03.